The zero-order valence-corrected chi connectivity index (χ0v) is 25.1. The largest absolute Gasteiger partial charge is 0.351 e. The van der Waals surface area contributed by atoms with Crippen molar-refractivity contribution in [1.29, 1.82) is 0 Å². The highest BCUT2D eigenvalue weighted by molar-refractivity contribution is 7.80. The predicted octanol–water partition coefficient (Wildman–Crippen LogP) is 7.25. The van der Waals surface area contributed by atoms with Gasteiger partial charge in [-0.2, -0.15) is 0 Å². The standard InChI is InChI=1S/C33H37N5OS/c1-8-29(39)35-27-13-12-25(17-20(27)3)38-32(30(36-33(38)40)28-11-9-10-14-34-28)26-18-23(6)37(24(26)7)31-21(4)15-19(2)16-22(31)5/h9-18,30,32H,8H2,1-7H3,(H,35,39)(H,36,40). The molecule has 0 saturated carbocycles. The zero-order chi connectivity index (χ0) is 28.7. The summed E-state index contributed by atoms with van der Waals surface area (Å²) in [5.41, 5.74) is 12.3. The van der Waals surface area contributed by atoms with E-state index in [1.165, 1.54) is 39.3 Å². The van der Waals surface area contributed by atoms with Crippen LogP contribution in [0.5, 0.6) is 0 Å². The summed E-state index contributed by atoms with van der Waals surface area (Å²) in [5.74, 6) is -0.00330. The van der Waals surface area contributed by atoms with E-state index in [4.69, 9.17) is 17.2 Å². The number of hydrogen-bond donors (Lipinski definition) is 2. The number of benzene rings is 2. The van der Waals surface area contributed by atoms with Crippen molar-refractivity contribution in [2.24, 2.45) is 0 Å². The first-order chi connectivity index (χ1) is 19.1. The molecule has 6 nitrogen and oxygen atoms in total. The van der Waals surface area contributed by atoms with E-state index in [-0.39, 0.29) is 18.0 Å². The highest BCUT2D eigenvalue weighted by atomic mass is 32.1. The number of aromatic nitrogens is 2. The molecule has 5 rings (SSSR count). The van der Waals surface area contributed by atoms with Gasteiger partial charge in [0.25, 0.3) is 0 Å². The molecule has 7 heteroatoms. The number of thiocarbonyl (C=S) groups is 1. The van der Waals surface area contributed by atoms with Gasteiger partial charge in [0, 0.05) is 35.4 Å². The van der Waals surface area contributed by atoms with Crippen LogP contribution >= 0.6 is 12.2 Å². The molecule has 0 radical (unpaired) electrons. The molecule has 1 amide bonds. The van der Waals surface area contributed by atoms with Crippen LogP contribution < -0.4 is 15.5 Å². The molecule has 2 atom stereocenters. The van der Waals surface area contributed by atoms with E-state index in [0.717, 1.165) is 22.6 Å². The lowest BCUT2D eigenvalue weighted by Crippen LogP contribution is -2.29. The van der Waals surface area contributed by atoms with Crippen molar-refractivity contribution in [3.63, 3.8) is 0 Å². The Bertz CT molecular complexity index is 1580. The minimum absolute atomic E-state index is 0.00330. The Morgan fingerprint density at radius 3 is 2.33 bits per heavy atom. The third-order valence-electron chi connectivity index (χ3n) is 7.83. The van der Waals surface area contributed by atoms with E-state index in [9.17, 15) is 4.79 Å². The van der Waals surface area contributed by atoms with Gasteiger partial charge in [0.2, 0.25) is 5.91 Å². The molecule has 0 bridgehead atoms. The van der Waals surface area contributed by atoms with Crippen molar-refractivity contribution in [3.8, 4) is 5.69 Å². The van der Waals surface area contributed by atoms with Gasteiger partial charge in [0.15, 0.2) is 5.11 Å². The molecule has 2 aromatic carbocycles. The van der Waals surface area contributed by atoms with Gasteiger partial charge in [0.05, 0.1) is 23.5 Å². The number of anilines is 2. The second-order valence-corrected chi connectivity index (χ2v) is 11.2. The Morgan fingerprint density at radius 2 is 1.70 bits per heavy atom. The second kappa shape index (κ2) is 10.9. The fourth-order valence-electron chi connectivity index (χ4n) is 6.08. The number of aryl methyl sites for hydroxylation is 5. The van der Waals surface area contributed by atoms with Crippen LogP contribution in [0.15, 0.2) is 60.8 Å². The summed E-state index contributed by atoms with van der Waals surface area (Å²) in [6.07, 6.45) is 2.27. The molecule has 4 aromatic rings. The maximum absolute atomic E-state index is 12.1. The Kier molecular flexibility index (Phi) is 7.51. The quantitative estimate of drug-likeness (QED) is 0.247. The van der Waals surface area contributed by atoms with E-state index in [0.29, 0.717) is 11.5 Å². The third kappa shape index (κ3) is 4.90. The van der Waals surface area contributed by atoms with Crippen LogP contribution in [-0.2, 0) is 4.79 Å². The fourth-order valence-corrected chi connectivity index (χ4v) is 6.43. The van der Waals surface area contributed by atoms with Crippen LogP contribution in [0.25, 0.3) is 5.69 Å². The summed E-state index contributed by atoms with van der Waals surface area (Å²) in [5, 5.41) is 7.24. The summed E-state index contributed by atoms with van der Waals surface area (Å²) in [6, 6.07) is 18.6. The van der Waals surface area contributed by atoms with Gasteiger partial charge in [-0.25, -0.2) is 0 Å². The van der Waals surface area contributed by atoms with E-state index >= 15 is 0 Å². The molecule has 3 heterocycles. The normalized spacial score (nSPS) is 16.8. The minimum atomic E-state index is -0.136. The Morgan fingerprint density at radius 1 is 0.975 bits per heavy atom. The monoisotopic (exact) mass is 551 g/mol. The number of rotatable bonds is 6. The predicted molar refractivity (Wildman–Crippen MR) is 167 cm³/mol. The highest BCUT2D eigenvalue weighted by Gasteiger charge is 2.42. The summed E-state index contributed by atoms with van der Waals surface area (Å²) in [4.78, 5) is 19.0. The van der Waals surface area contributed by atoms with Crippen LogP contribution in [0.4, 0.5) is 11.4 Å². The van der Waals surface area contributed by atoms with Gasteiger partial charge in [-0.3, -0.25) is 9.78 Å². The number of hydrogen-bond acceptors (Lipinski definition) is 3. The molecular weight excluding hydrogens is 514 g/mol. The van der Waals surface area contributed by atoms with Gasteiger partial charge in [-0.05, 0) is 112 Å². The van der Waals surface area contributed by atoms with Gasteiger partial charge < -0.3 is 20.1 Å². The van der Waals surface area contributed by atoms with Crippen LogP contribution in [0.3, 0.4) is 0 Å². The molecule has 1 fully saturated rings. The average Bonchev–Trinajstić information content (AvgIpc) is 3.40. The average molecular weight is 552 g/mol. The van der Waals surface area contributed by atoms with Gasteiger partial charge in [-0.15, -0.1) is 0 Å². The van der Waals surface area contributed by atoms with Crippen molar-refractivity contribution in [2.45, 2.75) is 67.0 Å². The summed E-state index contributed by atoms with van der Waals surface area (Å²) < 4.78 is 2.38. The SMILES string of the molecule is CCC(=O)Nc1ccc(N2C(=S)NC(c3ccccn3)C2c2cc(C)n(-c3c(C)cc(C)cc3C)c2C)cc1C. The second-order valence-electron chi connectivity index (χ2n) is 10.8. The fraction of sp³-hybridized carbons (Fsp3) is 0.303. The van der Waals surface area contributed by atoms with E-state index in [1.807, 2.05) is 44.3 Å². The first-order valence-corrected chi connectivity index (χ1v) is 14.2. The lowest BCUT2D eigenvalue weighted by molar-refractivity contribution is -0.115. The number of amides is 1. The molecular formula is C33H37N5OS. The molecule has 1 aliphatic heterocycles. The Labute approximate surface area is 242 Å². The molecule has 206 valence electrons. The molecule has 2 N–H and O–H groups in total. The summed E-state index contributed by atoms with van der Waals surface area (Å²) >= 11 is 5.98. The van der Waals surface area contributed by atoms with Gasteiger partial charge in [0.1, 0.15) is 0 Å². The molecule has 0 spiro atoms. The van der Waals surface area contributed by atoms with E-state index < -0.39 is 0 Å². The Balaban J connectivity index is 1.66. The topological polar surface area (TPSA) is 62.2 Å². The molecule has 2 aromatic heterocycles. The smallest absolute Gasteiger partial charge is 0.224 e. The molecule has 1 saturated heterocycles. The molecule has 0 aliphatic carbocycles. The summed E-state index contributed by atoms with van der Waals surface area (Å²) in [7, 11) is 0. The number of nitrogens with zero attached hydrogens (tertiary/aromatic N) is 3. The zero-order valence-electron chi connectivity index (χ0n) is 24.3. The number of carbonyl (C=O) groups is 1. The molecule has 2 unspecified atom stereocenters. The first-order valence-electron chi connectivity index (χ1n) is 13.8. The van der Waals surface area contributed by atoms with Crippen LogP contribution in [0.2, 0.25) is 0 Å². The van der Waals surface area contributed by atoms with Crippen LogP contribution in [0, 0.1) is 41.5 Å². The minimum Gasteiger partial charge on any atom is -0.351 e. The lowest BCUT2D eigenvalue weighted by atomic mass is 9.96. The number of pyridine rings is 1. The lowest BCUT2D eigenvalue weighted by Gasteiger charge is -2.29. The molecule has 40 heavy (non-hydrogen) atoms. The maximum Gasteiger partial charge on any atom is 0.224 e. The van der Waals surface area contributed by atoms with E-state index in [2.05, 4.69) is 85.1 Å². The molecule has 1 aliphatic rings. The van der Waals surface area contributed by atoms with Gasteiger partial charge >= 0.3 is 0 Å². The Hall–Kier alpha value is -3.97. The van der Waals surface area contributed by atoms with Crippen molar-refractivity contribution in [2.75, 3.05) is 10.2 Å². The van der Waals surface area contributed by atoms with Crippen molar-refractivity contribution < 1.29 is 4.79 Å². The maximum atomic E-state index is 12.1. The van der Waals surface area contributed by atoms with Crippen LogP contribution in [0.1, 0.15) is 70.3 Å². The van der Waals surface area contributed by atoms with E-state index in [1.54, 1.807) is 0 Å². The van der Waals surface area contributed by atoms with Crippen molar-refractivity contribution in [3.05, 3.63) is 106 Å². The summed E-state index contributed by atoms with van der Waals surface area (Å²) in [6.45, 7) is 14.8. The van der Waals surface area contributed by atoms with Crippen LogP contribution in [-0.4, -0.2) is 20.6 Å². The highest BCUT2D eigenvalue weighted by Crippen LogP contribution is 2.44. The van der Waals surface area contributed by atoms with Crippen molar-refractivity contribution >= 4 is 34.6 Å². The number of carbonyl (C=O) groups excluding carboxylic acids is 1. The number of nitrogens with one attached hydrogen (secondary N) is 2. The first kappa shape index (κ1) is 27.6. The van der Waals surface area contributed by atoms with Gasteiger partial charge in [-0.1, -0.05) is 30.7 Å². The third-order valence-corrected chi connectivity index (χ3v) is 8.14. The van der Waals surface area contributed by atoms with Crippen molar-refractivity contribution in [1.82, 2.24) is 14.9 Å².